The van der Waals surface area contributed by atoms with Gasteiger partial charge >= 0.3 is 0 Å². The average molecular weight is 403 g/mol. The number of aromatic nitrogens is 2. The fourth-order valence-electron chi connectivity index (χ4n) is 4.61. The Hall–Kier alpha value is -4.25. The summed E-state index contributed by atoms with van der Waals surface area (Å²) in [7, 11) is 1.53. The van der Waals surface area contributed by atoms with Gasteiger partial charge in [0.05, 0.1) is 27.8 Å². The predicted octanol–water partition coefficient (Wildman–Crippen LogP) is 5.07. The van der Waals surface area contributed by atoms with Crippen LogP contribution in [0.2, 0.25) is 0 Å². The largest absolute Gasteiger partial charge is 0.308 e. The molecule has 0 bridgehead atoms. The van der Waals surface area contributed by atoms with Gasteiger partial charge in [-0.2, -0.15) is 0 Å². The van der Waals surface area contributed by atoms with Crippen molar-refractivity contribution in [3.05, 3.63) is 96.3 Å². The molecule has 1 aliphatic rings. The van der Waals surface area contributed by atoms with Gasteiger partial charge in [0.25, 0.3) is 11.8 Å². The molecule has 148 valence electrons. The lowest BCUT2D eigenvalue weighted by Gasteiger charge is -2.12. The third kappa shape index (κ3) is 2.34. The van der Waals surface area contributed by atoms with E-state index in [1.54, 1.807) is 12.3 Å². The summed E-state index contributed by atoms with van der Waals surface area (Å²) in [4.78, 5) is 31.0. The summed E-state index contributed by atoms with van der Waals surface area (Å²) in [5.41, 5.74) is 5.68. The zero-order valence-electron chi connectivity index (χ0n) is 16.7. The highest BCUT2D eigenvalue weighted by atomic mass is 16.2. The summed E-state index contributed by atoms with van der Waals surface area (Å²) < 4.78 is 2.09. The third-order valence-corrected chi connectivity index (χ3v) is 6.01. The van der Waals surface area contributed by atoms with E-state index in [4.69, 9.17) is 0 Å². The summed E-state index contributed by atoms with van der Waals surface area (Å²) >= 11 is 0. The molecule has 6 rings (SSSR count). The van der Waals surface area contributed by atoms with Crippen LogP contribution in [0.3, 0.4) is 0 Å². The molecule has 2 aromatic heterocycles. The highest BCUT2D eigenvalue weighted by Gasteiger charge is 2.35. The minimum atomic E-state index is -0.273. The second kappa shape index (κ2) is 6.37. The van der Waals surface area contributed by atoms with Crippen molar-refractivity contribution in [3.8, 4) is 16.8 Å². The summed E-state index contributed by atoms with van der Waals surface area (Å²) in [6.45, 7) is 0. The standard InChI is InChI=1S/C26H17N3O2/c1-28-25(30)19-10-5-13-22(24(19)26(28)31)29-20-11-3-2-8-18(20)23-17(9-4-12-21(23)29)16-7-6-14-27-15-16/h2-15H,1H3. The fraction of sp³-hybridized carbons (Fsp3) is 0.0385. The Morgan fingerprint density at radius 3 is 2.35 bits per heavy atom. The van der Waals surface area contributed by atoms with Gasteiger partial charge in [-0.05, 0) is 35.9 Å². The molecule has 0 radical (unpaired) electrons. The van der Waals surface area contributed by atoms with Crippen LogP contribution in [0, 0.1) is 0 Å². The monoisotopic (exact) mass is 403 g/mol. The van der Waals surface area contributed by atoms with Crippen molar-refractivity contribution in [1.29, 1.82) is 0 Å². The van der Waals surface area contributed by atoms with Crippen LogP contribution in [0.25, 0.3) is 38.6 Å². The number of carbonyl (C=O) groups excluding carboxylic acids is 2. The van der Waals surface area contributed by atoms with Crippen molar-refractivity contribution >= 4 is 33.6 Å². The van der Waals surface area contributed by atoms with Gasteiger partial charge in [-0.1, -0.05) is 42.5 Å². The summed E-state index contributed by atoms with van der Waals surface area (Å²) in [6.07, 6.45) is 3.62. The SMILES string of the molecule is CN1C(=O)c2cccc(-n3c4ccccc4c4c(-c5cccnc5)cccc43)c2C1=O. The minimum absolute atomic E-state index is 0.265. The highest BCUT2D eigenvalue weighted by Crippen LogP contribution is 2.40. The van der Waals surface area contributed by atoms with E-state index in [2.05, 4.69) is 27.8 Å². The summed E-state index contributed by atoms with van der Waals surface area (Å²) in [6, 6.07) is 23.8. The number of nitrogens with zero attached hydrogens (tertiary/aromatic N) is 3. The molecule has 0 N–H and O–H groups in total. The lowest BCUT2D eigenvalue weighted by atomic mass is 10.0. The Morgan fingerprint density at radius 2 is 1.52 bits per heavy atom. The lowest BCUT2D eigenvalue weighted by molar-refractivity contribution is 0.0693. The van der Waals surface area contributed by atoms with Crippen molar-refractivity contribution in [3.63, 3.8) is 0 Å². The Morgan fingerprint density at radius 1 is 0.742 bits per heavy atom. The molecular formula is C26H17N3O2. The molecule has 3 heterocycles. The fourth-order valence-corrected chi connectivity index (χ4v) is 4.61. The van der Waals surface area contributed by atoms with E-state index in [-0.39, 0.29) is 11.8 Å². The van der Waals surface area contributed by atoms with Gasteiger partial charge < -0.3 is 4.57 Å². The van der Waals surface area contributed by atoms with Gasteiger partial charge in [0.2, 0.25) is 0 Å². The van der Waals surface area contributed by atoms with Crippen molar-refractivity contribution < 1.29 is 9.59 Å². The number of amides is 2. The van der Waals surface area contributed by atoms with Crippen LogP contribution in [0.4, 0.5) is 0 Å². The number of fused-ring (bicyclic) bond motifs is 4. The maximum absolute atomic E-state index is 13.0. The van der Waals surface area contributed by atoms with E-state index < -0.39 is 0 Å². The van der Waals surface area contributed by atoms with Crippen LogP contribution in [0.5, 0.6) is 0 Å². The zero-order valence-corrected chi connectivity index (χ0v) is 16.7. The molecule has 2 amide bonds. The second-order valence-electron chi connectivity index (χ2n) is 7.66. The molecule has 5 aromatic rings. The van der Waals surface area contributed by atoms with Crippen LogP contribution >= 0.6 is 0 Å². The quantitative estimate of drug-likeness (QED) is 0.387. The molecule has 0 spiro atoms. The lowest BCUT2D eigenvalue weighted by Crippen LogP contribution is -2.24. The molecule has 3 aromatic carbocycles. The Balaban J connectivity index is 1.77. The van der Waals surface area contributed by atoms with Crippen molar-refractivity contribution in [2.24, 2.45) is 0 Å². The smallest absolute Gasteiger partial charge is 0.263 e. The van der Waals surface area contributed by atoms with Gasteiger partial charge in [0.1, 0.15) is 0 Å². The van der Waals surface area contributed by atoms with E-state index in [0.29, 0.717) is 11.1 Å². The molecular weight excluding hydrogens is 386 g/mol. The normalized spacial score (nSPS) is 13.4. The number of benzene rings is 3. The topological polar surface area (TPSA) is 55.2 Å². The van der Waals surface area contributed by atoms with E-state index in [9.17, 15) is 9.59 Å². The van der Waals surface area contributed by atoms with Gasteiger partial charge in [0, 0.05) is 35.8 Å². The molecule has 0 atom stereocenters. The first-order valence-corrected chi connectivity index (χ1v) is 10.0. The van der Waals surface area contributed by atoms with Gasteiger partial charge in [-0.3, -0.25) is 19.5 Å². The predicted molar refractivity (Wildman–Crippen MR) is 120 cm³/mol. The van der Waals surface area contributed by atoms with Crippen molar-refractivity contribution in [2.45, 2.75) is 0 Å². The first kappa shape index (κ1) is 17.6. The first-order chi connectivity index (χ1) is 15.2. The van der Waals surface area contributed by atoms with Crippen LogP contribution < -0.4 is 0 Å². The van der Waals surface area contributed by atoms with Gasteiger partial charge in [0.15, 0.2) is 0 Å². The molecule has 5 heteroatoms. The van der Waals surface area contributed by atoms with Crippen molar-refractivity contribution in [2.75, 3.05) is 7.05 Å². The van der Waals surface area contributed by atoms with Crippen LogP contribution in [-0.4, -0.2) is 33.3 Å². The number of hydrogen-bond donors (Lipinski definition) is 0. The van der Waals surface area contributed by atoms with Crippen molar-refractivity contribution in [1.82, 2.24) is 14.5 Å². The Kier molecular flexibility index (Phi) is 3.62. The molecule has 5 nitrogen and oxygen atoms in total. The number of carbonyl (C=O) groups is 2. The van der Waals surface area contributed by atoms with Crippen LogP contribution in [-0.2, 0) is 0 Å². The van der Waals surface area contributed by atoms with Gasteiger partial charge in [-0.15, -0.1) is 0 Å². The van der Waals surface area contributed by atoms with Crippen LogP contribution in [0.15, 0.2) is 85.2 Å². The molecule has 0 fully saturated rings. The summed E-state index contributed by atoms with van der Waals surface area (Å²) in [5, 5.41) is 2.17. The minimum Gasteiger partial charge on any atom is -0.308 e. The first-order valence-electron chi connectivity index (χ1n) is 10.0. The van der Waals surface area contributed by atoms with E-state index in [1.165, 1.54) is 11.9 Å². The summed E-state index contributed by atoms with van der Waals surface area (Å²) in [5.74, 6) is -0.538. The van der Waals surface area contributed by atoms with Gasteiger partial charge in [-0.25, -0.2) is 0 Å². The Labute approximate surface area is 178 Å². The number of imide groups is 1. The van der Waals surface area contributed by atoms with E-state index in [1.807, 2.05) is 54.7 Å². The Bertz CT molecular complexity index is 1530. The van der Waals surface area contributed by atoms with Crippen LogP contribution in [0.1, 0.15) is 20.7 Å². The molecule has 31 heavy (non-hydrogen) atoms. The molecule has 0 saturated carbocycles. The number of rotatable bonds is 2. The highest BCUT2D eigenvalue weighted by molar-refractivity contribution is 6.24. The second-order valence-corrected chi connectivity index (χ2v) is 7.66. The third-order valence-electron chi connectivity index (χ3n) is 6.01. The maximum atomic E-state index is 13.0. The molecule has 1 aliphatic heterocycles. The number of hydrogen-bond acceptors (Lipinski definition) is 3. The number of pyridine rings is 1. The molecule has 0 unspecified atom stereocenters. The maximum Gasteiger partial charge on any atom is 0.263 e. The van der Waals surface area contributed by atoms with E-state index >= 15 is 0 Å². The van der Waals surface area contributed by atoms with E-state index in [0.717, 1.165) is 38.6 Å². The zero-order chi connectivity index (χ0) is 21.1. The molecule has 0 aliphatic carbocycles. The molecule has 0 saturated heterocycles. The average Bonchev–Trinajstić information content (AvgIpc) is 3.27. The number of para-hydroxylation sites is 1.